The van der Waals surface area contributed by atoms with Crippen molar-refractivity contribution >= 4 is 46.5 Å². The van der Waals surface area contributed by atoms with Crippen LogP contribution in [-0.2, 0) is 9.53 Å². The molecule has 2 aromatic heterocycles. The van der Waals surface area contributed by atoms with Gasteiger partial charge in [-0.05, 0) is 48.9 Å². The molecule has 5 aromatic rings. The van der Waals surface area contributed by atoms with Crippen molar-refractivity contribution in [2.24, 2.45) is 4.99 Å². The Bertz CT molecular complexity index is 2260. The molecule has 3 heterocycles. The molecule has 0 radical (unpaired) electrons. The lowest BCUT2D eigenvalue weighted by Gasteiger charge is -2.25. The first-order valence-electron chi connectivity index (χ1n) is 14.1. The van der Waals surface area contributed by atoms with E-state index in [-0.39, 0.29) is 38.0 Å². The molecule has 13 heteroatoms. The van der Waals surface area contributed by atoms with Gasteiger partial charge in [-0.15, -0.1) is 0 Å². The van der Waals surface area contributed by atoms with E-state index in [1.807, 2.05) is 60.7 Å². The molecule has 0 spiro atoms. The summed E-state index contributed by atoms with van der Waals surface area (Å²) in [6.45, 7) is 3.51. The first-order valence-corrected chi connectivity index (χ1v) is 15.7. The first kappa shape index (κ1) is 30.6. The van der Waals surface area contributed by atoms with E-state index in [2.05, 4.69) is 9.97 Å². The van der Waals surface area contributed by atoms with Crippen molar-refractivity contribution in [3.05, 3.63) is 153 Å². The third-order valence-corrected chi connectivity index (χ3v) is 8.96. The fraction of sp³-hybridized carbons (Fsp3) is 0.121. The van der Waals surface area contributed by atoms with Crippen molar-refractivity contribution < 1.29 is 14.5 Å². The van der Waals surface area contributed by atoms with E-state index in [4.69, 9.17) is 9.73 Å². The summed E-state index contributed by atoms with van der Waals surface area (Å²) < 4.78 is 7.23. The predicted molar refractivity (Wildman–Crippen MR) is 174 cm³/mol. The van der Waals surface area contributed by atoms with Crippen LogP contribution in [0.4, 0.5) is 5.69 Å². The van der Waals surface area contributed by atoms with Crippen LogP contribution in [0.5, 0.6) is 0 Å². The standard InChI is InChI=1S/C33H25N5O6S2/c1-3-44-31(41)27-28(21-10-6-4-7-11-21)36-33-37(29(27)22-12-8-5-9-13-22)30(40)25(46-33)18-20-14-15-24(23(17-20)38(42)43)45-32-34-19(2)16-26(39)35-32/h4-18,29H,3H2,1-2H3,(H,34,35,39)/b25-18+/t29-/m1/s1. The second kappa shape index (κ2) is 12.9. The molecule has 46 heavy (non-hydrogen) atoms. The summed E-state index contributed by atoms with van der Waals surface area (Å²) in [7, 11) is 0. The van der Waals surface area contributed by atoms with Gasteiger partial charge in [0.2, 0.25) is 0 Å². The van der Waals surface area contributed by atoms with Crippen molar-refractivity contribution in [3.63, 3.8) is 0 Å². The first-order chi connectivity index (χ1) is 22.2. The number of aromatic amines is 1. The van der Waals surface area contributed by atoms with Crippen LogP contribution >= 0.6 is 23.1 Å². The Hall–Kier alpha value is -5.40. The fourth-order valence-electron chi connectivity index (χ4n) is 5.10. The van der Waals surface area contributed by atoms with Gasteiger partial charge in [0.1, 0.15) is 0 Å². The second-order valence-corrected chi connectivity index (χ2v) is 12.2. The van der Waals surface area contributed by atoms with Gasteiger partial charge in [0, 0.05) is 23.4 Å². The molecule has 0 bridgehead atoms. The van der Waals surface area contributed by atoms with Gasteiger partial charge in [-0.3, -0.25) is 24.3 Å². The molecule has 1 atom stereocenters. The number of nitrogens with zero attached hydrogens (tertiary/aromatic N) is 4. The van der Waals surface area contributed by atoms with Crippen LogP contribution < -0.4 is 20.5 Å². The number of carbonyl (C=O) groups excluding carboxylic acids is 1. The number of aromatic nitrogens is 3. The molecule has 1 aliphatic heterocycles. The Morgan fingerprint density at radius 3 is 2.48 bits per heavy atom. The zero-order valence-corrected chi connectivity index (χ0v) is 26.1. The van der Waals surface area contributed by atoms with E-state index in [0.29, 0.717) is 32.9 Å². The van der Waals surface area contributed by atoms with Crippen LogP contribution in [0, 0.1) is 17.0 Å². The van der Waals surface area contributed by atoms with Crippen LogP contribution in [0.25, 0.3) is 11.8 Å². The molecule has 0 amide bonds. The van der Waals surface area contributed by atoms with Crippen molar-refractivity contribution in [1.29, 1.82) is 0 Å². The highest BCUT2D eigenvalue weighted by Gasteiger charge is 2.35. The molecule has 0 fully saturated rings. The Kier molecular flexibility index (Phi) is 8.59. The molecule has 1 N–H and O–H groups in total. The third kappa shape index (κ3) is 6.10. The molecule has 1 aliphatic rings. The Morgan fingerprint density at radius 1 is 1.09 bits per heavy atom. The lowest BCUT2D eigenvalue weighted by Crippen LogP contribution is -2.39. The van der Waals surface area contributed by atoms with Crippen LogP contribution in [-0.4, -0.2) is 32.0 Å². The molecule has 0 unspecified atom stereocenters. The minimum Gasteiger partial charge on any atom is -0.463 e. The lowest BCUT2D eigenvalue weighted by atomic mass is 9.93. The van der Waals surface area contributed by atoms with E-state index in [1.165, 1.54) is 16.7 Å². The molecule has 0 saturated carbocycles. The summed E-state index contributed by atoms with van der Waals surface area (Å²) in [5.74, 6) is -0.582. The Morgan fingerprint density at radius 2 is 1.80 bits per heavy atom. The Labute approximate surface area is 269 Å². The predicted octanol–water partition coefficient (Wildman–Crippen LogP) is 4.39. The summed E-state index contributed by atoms with van der Waals surface area (Å²) in [6.07, 6.45) is 1.57. The van der Waals surface area contributed by atoms with Gasteiger partial charge in [-0.1, -0.05) is 78.1 Å². The largest absolute Gasteiger partial charge is 0.463 e. The summed E-state index contributed by atoms with van der Waals surface area (Å²) in [6, 6.07) is 23.5. The molecule has 3 aromatic carbocycles. The second-order valence-electron chi connectivity index (χ2n) is 10.1. The lowest BCUT2D eigenvalue weighted by molar-refractivity contribution is -0.387. The number of rotatable bonds is 8. The molecule has 0 saturated heterocycles. The highest BCUT2D eigenvalue weighted by molar-refractivity contribution is 7.99. The Balaban J connectivity index is 1.52. The van der Waals surface area contributed by atoms with Crippen LogP contribution in [0.15, 0.2) is 115 Å². The number of ether oxygens (including phenoxy) is 1. The number of benzene rings is 3. The molecule has 230 valence electrons. The summed E-state index contributed by atoms with van der Waals surface area (Å²) >= 11 is 2.09. The number of nitrogens with one attached hydrogen (secondary N) is 1. The molecular formula is C33H25N5O6S2. The SMILES string of the molecule is CCOC(=O)C1=C(c2ccccc2)N=c2s/c(=C/c3ccc(Sc4nc(C)cc(=O)[nH]4)c([N+](=O)[O-])c3)c(=O)n2[C@@H]1c1ccccc1. The van der Waals surface area contributed by atoms with Gasteiger partial charge >= 0.3 is 5.97 Å². The monoisotopic (exact) mass is 651 g/mol. The van der Waals surface area contributed by atoms with Gasteiger partial charge in [0.05, 0.1) is 38.3 Å². The van der Waals surface area contributed by atoms with Gasteiger partial charge in [-0.25, -0.2) is 14.8 Å². The zero-order valence-electron chi connectivity index (χ0n) is 24.5. The van der Waals surface area contributed by atoms with Crippen LogP contribution in [0.3, 0.4) is 0 Å². The van der Waals surface area contributed by atoms with E-state index >= 15 is 0 Å². The maximum atomic E-state index is 14.1. The van der Waals surface area contributed by atoms with Gasteiger partial charge in [0.15, 0.2) is 9.96 Å². The average molecular weight is 652 g/mol. The number of hydrogen-bond donors (Lipinski definition) is 1. The minimum atomic E-state index is -0.828. The summed E-state index contributed by atoms with van der Waals surface area (Å²) in [4.78, 5) is 63.3. The van der Waals surface area contributed by atoms with Gasteiger partial charge < -0.3 is 9.72 Å². The number of H-pyrrole nitrogens is 1. The number of thiazole rings is 1. The number of esters is 1. The topological polar surface area (TPSA) is 150 Å². The van der Waals surface area contributed by atoms with Crippen molar-refractivity contribution in [2.45, 2.75) is 29.9 Å². The third-order valence-electron chi connectivity index (χ3n) is 7.02. The quantitative estimate of drug-likeness (QED) is 0.112. The number of fused-ring (bicyclic) bond motifs is 1. The van der Waals surface area contributed by atoms with Crippen molar-refractivity contribution in [3.8, 4) is 0 Å². The summed E-state index contributed by atoms with van der Waals surface area (Å²) in [5, 5.41) is 12.3. The molecular weight excluding hydrogens is 627 g/mol. The molecule has 11 nitrogen and oxygen atoms in total. The van der Waals surface area contributed by atoms with Gasteiger partial charge in [-0.2, -0.15) is 0 Å². The zero-order chi connectivity index (χ0) is 32.4. The minimum absolute atomic E-state index is 0.138. The number of hydrogen-bond acceptors (Lipinski definition) is 10. The van der Waals surface area contributed by atoms with Crippen LogP contribution in [0.2, 0.25) is 0 Å². The number of aryl methyl sites for hydroxylation is 1. The van der Waals surface area contributed by atoms with Crippen molar-refractivity contribution in [2.75, 3.05) is 6.61 Å². The van der Waals surface area contributed by atoms with Gasteiger partial charge in [0.25, 0.3) is 16.8 Å². The maximum absolute atomic E-state index is 14.1. The number of carbonyl (C=O) groups is 1. The fourth-order valence-corrected chi connectivity index (χ4v) is 7.02. The van der Waals surface area contributed by atoms with E-state index in [9.17, 15) is 24.5 Å². The van der Waals surface area contributed by atoms with Crippen molar-refractivity contribution in [1.82, 2.24) is 14.5 Å². The molecule has 6 rings (SSSR count). The highest BCUT2D eigenvalue weighted by atomic mass is 32.2. The number of nitro groups is 1. The van der Waals surface area contributed by atoms with Crippen LogP contribution in [0.1, 0.15) is 35.3 Å². The molecule has 0 aliphatic carbocycles. The van der Waals surface area contributed by atoms with E-state index < -0.39 is 22.5 Å². The maximum Gasteiger partial charge on any atom is 0.338 e. The summed E-state index contributed by atoms with van der Waals surface area (Å²) in [5.41, 5.74) is 1.94. The highest BCUT2D eigenvalue weighted by Crippen LogP contribution is 2.36. The van der Waals surface area contributed by atoms with E-state index in [1.54, 1.807) is 32.1 Å². The average Bonchev–Trinajstić information content (AvgIpc) is 3.35. The smallest absolute Gasteiger partial charge is 0.338 e. The number of nitro benzene ring substituents is 1. The van der Waals surface area contributed by atoms with E-state index in [0.717, 1.165) is 23.1 Å². The normalized spacial score (nSPS) is 14.5.